The molecule has 6 rings (SSSR count). The van der Waals surface area contributed by atoms with E-state index < -0.39 is 22.1 Å². The molecule has 0 bridgehead atoms. The van der Waals surface area contributed by atoms with Crippen LogP contribution >= 0.6 is 10.8 Å². The van der Waals surface area contributed by atoms with Crippen LogP contribution in [0.1, 0.15) is 67.9 Å². The molecule has 1 aliphatic heterocycles. The van der Waals surface area contributed by atoms with Crippen molar-refractivity contribution in [1.82, 2.24) is 29.3 Å². The van der Waals surface area contributed by atoms with Crippen molar-refractivity contribution in [1.29, 1.82) is 0 Å². The standard InChI is InChI=1S/C38H47N7O6S/c1-7-29-23-44(52(48,49)33-12-10-9-11-32(33)51-29)22-27-19-26(14-13-24(27)3)34(30-15-16-31-35(25(30)4)42-43-45(31)8-2)38(5,6)36(47)41-28-20-39-37(40-21-28)50-18-17-46/h9-16,19-21,29,34,46,48-49H,7-8,17-18,22-23H2,1-6H3,(H,41,47). The highest BCUT2D eigenvalue weighted by atomic mass is 32.3. The van der Waals surface area contributed by atoms with Gasteiger partial charge in [0, 0.05) is 19.0 Å². The number of nitrogens with one attached hydrogen (secondary N) is 1. The zero-order valence-corrected chi connectivity index (χ0v) is 31.2. The van der Waals surface area contributed by atoms with Crippen molar-refractivity contribution in [2.45, 2.75) is 78.0 Å². The second-order valence-corrected chi connectivity index (χ2v) is 15.6. The van der Waals surface area contributed by atoms with Gasteiger partial charge in [-0.1, -0.05) is 62.4 Å². The molecule has 5 aromatic rings. The first-order valence-corrected chi connectivity index (χ1v) is 19.0. The Morgan fingerprint density at radius 1 is 1.10 bits per heavy atom. The summed E-state index contributed by atoms with van der Waals surface area (Å²) in [6.07, 6.45) is 3.40. The molecule has 2 aromatic heterocycles. The first-order chi connectivity index (χ1) is 24.9. The van der Waals surface area contributed by atoms with Gasteiger partial charge in [0.2, 0.25) is 5.91 Å². The number of fused-ring (bicyclic) bond motifs is 2. The van der Waals surface area contributed by atoms with Crippen LogP contribution in [-0.2, 0) is 17.9 Å². The van der Waals surface area contributed by atoms with Gasteiger partial charge >= 0.3 is 6.01 Å². The van der Waals surface area contributed by atoms with E-state index >= 15 is 0 Å². The van der Waals surface area contributed by atoms with E-state index in [4.69, 9.17) is 14.6 Å². The van der Waals surface area contributed by atoms with E-state index in [0.29, 0.717) is 35.8 Å². The van der Waals surface area contributed by atoms with E-state index in [1.54, 1.807) is 22.5 Å². The molecule has 2 unspecified atom stereocenters. The lowest BCUT2D eigenvalue weighted by Crippen LogP contribution is -2.37. The predicted octanol–water partition coefficient (Wildman–Crippen LogP) is 6.72. The van der Waals surface area contributed by atoms with E-state index in [9.17, 15) is 13.9 Å². The molecule has 0 aliphatic carbocycles. The van der Waals surface area contributed by atoms with E-state index in [2.05, 4.69) is 31.7 Å². The summed E-state index contributed by atoms with van der Waals surface area (Å²) in [7, 11) is -3.39. The summed E-state index contributed by atoms with van der Waals surface area (Å²) in [4.78, 5) is 23.0. The molecule has 276 valence electrons. The average Bonchev–Trinajstić information content (AvgIpc) is 3.52. The Bertz CT molecular complexity index is 2050. The van der Waals surface area contributed by atoms with Crippen LogP contribution < -0.4 is 14.8 Å². The van der Waals surface area contributed by atoms with Crippen LogP contribution in [0.15, 0.2) is 71.9 Å². The third kappa shape index (κ3) is 7.21. The minimum Gasteiger partial charge on any atom is -0.487 e. The lowest BCUT2D eigenvalue weighted by molar-refractivity contribution is -0.124. The number of aliphatic hydroxyl groups is 1. The molecular formula is C38H47N7O6S. The smallest absolute Gasteiger partial charge is 0.316 e. The number of benzene rings is 3. The summed E-state index contributed by atoms with van der Waals surface area (Å²) >= 11 is 0. The lowest BCUT2D eigenvalue weighted by Gasteiger charge is -2.42. The number of para-hydroxylation sites is 1. The van der Waals surface area contributed by atoms with Gasteiger partial charge in [0.05, 0.1) is 42.2 Å². The second kappa shape index (κ2) is 15.2. The van der Waals surface area contributed by atoms with Crippen molar-refractivity contribution in [2.24, 2.45) is 5.41 Å². The number of aryl methyl sites for hydroxylation is 3. The maximum Gasteiger partial charge on any atom is 0.316 e. The van der Waals surface area contributed by atoms with Crippen LogP contribution in [0.2, 0.25) is 0 Å². The normalized spacial score (nSPS) is 17.1. The van der Waals surface area contributed by atoms with Crippen molar-refractivity contribution in [2.75, 3.05) is 25.1 Å². The van der Waals surface area contributed by atoms with E-state index in [-0.39, 0.29) is 37.8 Å². The zero-order valence-electron chi connectivity index (χ0n) is 30.4. The SMILES string of the molecule is CCC1CN(Cc2cc(C(c3ccc4c(nnn4CC)c3C)C(C)(C)C(=O)Nc3cnc(OCCO)nc3)ccc2C)S(O)(O)c2ccccc2O1. The van der Waals surface area contributed by atoms with Gasteiger partial charge in [-0.2, -0.15) is 4.31 Å². The van der Waals surface area contributed by atoms with E-state index in [1.165, 1.54) is 12.4 Å². The minimum atomic E-state index is -3.39. The number of carbonyl (C=O) groups is 1. The summed E-state index contributed by atoms with van der Waals surface area (Å²) in [5.74, 6) is -0.239. The summed E-state index contributed by atoms with van der Waals surface area (Å²) < 4.78 is 38.6. The van der Waals surface area contributed by atoms with Gasteiger partial charge in [-0.25, -0.2) is 14.6 Å². The Balaban J connectivity index is 1.41. The molecule has 3 aromatic carbocycles. The van der Waals surface area contributed by atoms with Gasteiger partial charge in [-0.3, -0.25) is 13.9 Å². The molecule has 0 saturated heterocycles. The Morgan fingerprint density at radius 2 is 1.85 bits per heavy atom. The highest BCUT2D eigenvalue weighted by Gasteiger charge is 2.41. The molecule has 0 spiro atoms. The van der Waals surface area contributed by atoms with E-state index in [1.807, 2.05) is 76.6 Å². The van der Waals surface area contributed by atoms with Crippen molar-refractivity contribution in [3.05, 3.63) is 94.8 Å². The first-order valence-electron chi connectivity index (χ1n) is 17.5. The Kier molecular flexibility index (Phi) is 10.8. The molecular weight excluding hydrogens is 683 g/mol. The summed E-state index contributed by atoms with van der Waals surface area (Å²) in [5, 5.41) is 20.9. The number of carbonyl (C=O) groups excluding carboxylic acids is 1. The number of hydrogen-bond donors (Lipinski definition) is 4. The average molecular weight is 730 g/mol. The molecule has 4 N–H and O–H groups in total. The minimum absolute atomic E-state index is 0.0611. The van der Waals surface area contributed by atoms with Crippen LogP contribution in [0.3, 0.4) is 0 Å². The molecule has 2 atom stereocenters. The van der Waals surface area contributed by atoms with E-state index in [0.717, 1.165) is 38.9 Å². The van der Waals surface area contributed by atoms with Crippen molar-refractivity contribution in [3.63, 3.8) is 0 Å². The highest BCUT2D eigenvalue weighted by Crippen LogP contribution is 2.57. The third-order valence-corrected chi connectivity index (χ3v) is 11.7. The number of nitrogens with zero attached hydrogens (tertiary/aromatic N) is 6. The fourth-order valence-electron chi connectivity index (χ4n) is 6.79. The van der Waals surface area contributed by atoms with Crippen LogP contribution in [0.5, 0.6) is 11.8 Å². The Hall–Kier alpha value is -4.60. The first kappa shape index (κ1) is 37.2. The number of anilines is 1. The van der Waals surface area contributed by atoms with Crippen molar-refractivity contribution < 1.29 is 28.5 Å². The van der Waals surface area contributed by atoms with Gasteiger partial charge in [-0.05, 0) is 73.2 Å². The Morgan fingerprint density at radius 3 is 2.56 bits per heavy atom. The molecule has 3 heterocycles. The molecule has 14 heteroatoms. The second-order valence-electron chi connectivity index (χ2n) is 13.6. The van der Waals surface area contributed by atoms with Crippen molar-refractivity contribution >= 4 is 33.4 Å². The maximum absolute atomic E-state index is 14.3. The topological polar surface area (TPSA) is 168 Å². The molecule has 52 heavy (non-hydrogen) atoms. The molecule has 0 saturated carbocycles. The maximum atomic E-state index is 14.3. The van der Waals surface area contributed by atoms with Crippen LogP contribution in [0.4, 0.5) is 5.69 Å². The largest absolute Gasteiger partial charge is 0.487 e. The number of ether oxygens (including phenoxy) is 2. The fourth-order valence-corrected chi connectivity index (χ4v) is 8.41. The highest BCUT2D eigenvalue weighted by molar-refractivity contribution is 8.22. The van der Waals surface area contributed by atoms with Crippen LogP contribution in [0, 0.1) is 19.3 Å². The van der Waals surface area contributed by atoms with Gasteiger partial charge in [0.1, 0.15) is 28.9 Å². The van der Waals surface area contributed by atoms with Crippen LogP contribution in [-0.4, -0.2) is 75.2 Å². The summed E-state index contributed by atoms with van der Waals surface area (Å²) in [6, 6.07) is 17.4. The third-order valence-electron chi connectivity index (χ3n) is 9.82. The fraction of sp³-hybridized carbons (Fsp3) is 0.395. The lowest BCUT2D eigenvalue weighted by atomic mass is 9.69. The monoisotopic (exact) mass is 729 g/mol. The zero-order chi connectivity index (χ0) is 37.2. The predicted molar refractivity (Wildman–Crippen MR) is 201 cm³/mol. The summed E-state index contributed by atoms with van der Waals surface area (Å²) in [5.41, 5.74) is 5.63. The van der Waals surface area contributed by atoms with Gasteiger partial charge < -0.3 is 19.9 Å². The number of hydrogen-bond acceptors (Lipinski definition) is 11. The Labute approximate surface area is 305 Å². The molecule has 0 fully saturated rings. The number of aliphatic hydroxyl groups excluding tert-OH is 1. The molecule has 1 amide bonds. The molecule has 13 nitrogen and oxygen atoms in total. The van der Waals surface area contributed by atoms with Crippen LogP contribution in [0.25, 0.3) is 11.0 Å². The quantitative estimate of drug-likeness (QED) is 0.108. The number of rotatable bonds is 12. The number of aromatic nitrogens is 5. The van der Waals surface area contributed by atoms with Gasteiger partial charge in [-0.15, -0.1) is 15.9 Å². The molecule has 1 aliphatic rings. The van der Waals surface area contributed by atoms with Crippen molar-refractivity contribution in [3.8, 4) is 11.8 Å². The number of amides is 1. The summed E-state index contributed by atoms with van der Waals surface area (Å²) in [6.45, 7) is 13.0. The molecule has 0 radical (unpaired) electrons. The van der Waals surface area contributed by atoms with Gasteiger partial charge in [0.15, 0.2) is 0 Å². The van der Waals surface area contributed by atoms with Gasteiger partial charge in [0.25, 0.3) is 0 Å².